The van der Waals surface area contributed by atoms with E-state index in [-0.39, 0.29) is 5.82 Å². The van der Waals surface area contributed by atoms with Crippen molar-refractivity contribution < 1.29 is 14.9 Å². The molecule has 9 heteroatoms. The lowest BCUT2D eigenvalue weighted by atomic mass is 9.72. The van der Waals surface area contributed by atoms with E-state index < -0.39 is 24.0 Å². The van der Waals surface area contributed by atoms with Gasteiger partial charge in [0.1, 0.15) is 29.7 Å². The molecule has 1 saturated heterocycles. The average molecular weight is 334 g/mol. The van der Waals surface area contributed by atoms with Gasteiger partial charge in [-0.25, -0.2) is 15.0 Å². The molecule has 9 nitrogen and oxygen atoms in total. The van der Waals surface area contributed by atoms with Crippen molar-refractivity contribution in [3.05, 3.63) is 12.7 Å². The van der Waals surface area contributed by atoms with Crippen molar-refractivity contribution in [2.24, 2.45) is 0 Å². The Balaban J connectivity index is 1.58. The number of rotatable bonds is 4. The number of anilines is 1. The van der Waals surface area contributed by atoms with Gasteiger partial charge in [0.05, 0.1) is 6.33 Å². The predicted octanol–water partition coefficient (Wildman–Crippen LogP) is -0.440. The van der Waals surface area contributed by atoms with Crippen LogP contribution < -0.4 is 11.1 Å². The zero-order valence-electron chi connectivity index (χ0n) is 13.5. The number of nitrogens with zero attached hydrogens (tertiary/aromatic N) is 4. The number of nitrogens with two attached hydrogens (primary N) is 1. The molecule has 0 radical (unpaired) electrons. The van der Waals surface area contributed by atoms with E-state index in [4.69, 9.17) is 10.5 Å². The summed E-state index contributed by atoms with van der Waals surface area (Å²) in [5.74, 6) is 0.272. The van der Waals surface area contributed by atoms with Gasteiger partial charge in [-0.15, -0.1) is 0 Å². The first kappa shape index (κ1) is 15.7. The van der Waals surface area contributed by atoms with E-state index in [0.29, 0.717) is 30.0 Å². The molecule has 5 N–H and O–H groups in total. The minimum atomic E-state index is -1.05. The maximum atomic E-state index is 10.5. The normalized spacial score (nSPS) is 35.6. The van der Waals surface area contributed by atoms with Crippen LogP contribution in [0, 0.1) is 0 Å². The number of fused-ring (bicyclic) bond motifs is 1. The molecule has 1 aliphatic heterocycles. The van der Waals surface area contributed by atoms with Crippen LogP contribution >= 0.6 is 0 Å². The maximum Gasteiger partial charge on any atom is 0.167 e. The molecule has 130 valence electrons. The largest absolute Gasteiger partial charge is 0.387 e. The molecule has 3 heterocycles. The van der Waals surface area contributed by atoms with E-state index in [1.807, 2.05) is 0 Å². The van der Waals surface area contributed by atoms with E-state index in [1.165, 1.54) is 12.7 Å². The Bertz CT molecular complexity index is 744. The molecule has 0 unspecified atom stereocenters. The molecule has 2 aromatic rings. The van der Waals surface area contributed by atoms with Gasteiger partial charge < -0.3 is 26.0 Å². The molecule has 1 aliphatic carbocycles. The number of aromatic nitrogens is 4. The van der Waals surface area contributed by atoms with E-state index >= 15 is 0 Å². The maximum absolute atomic E-state index is 10.5. The first-order valence-corrected chi connectivity index (χ1v) is 8.26. The minimum Gasteiger partial charge on any atom is -0.387 e. The third-order valence-corrected chi connectivity index (χ3v) is 5.04. The Hall–Kier alpha value is -1.81. The number of nitrogen functional groups attached to an aromatic ring is 1. The number of aliphatic hydroxyl groups excluding tert-OH is 2. The lowest BCUT2D eigenvalue weighted by Gasteiger charge is -2.46. The number of hydrogen-bond acceptors (Lipinski definition) is 8. The summed E-state index contributed by atoms with van der Waals surface area (Å²) in [7, 11) is 0. The summed E-state index contributed by atoms with van der Waals surface area (Å²) in [5.41, 5.74) is 6.02. The van der Waals surface area contributed by atoms with Crippen LogP contribution in [0.4, 0.5) is 5.82 Å². The lowest BCUT2D eigenvalue weighted by molar-refractivity contribution is -0.158. The topological polar surface area (TPSA) is 131 Å². The lowest BCUT2D eigenvalue weighted by Crippen LogP contribution is -2.59. The van der Waals surface area contributed by atoms with Crippen LogP contribution in [0.3, 0.4) is 0 Å². The molecule has 3 atom stereocenters. The van der Waals surface area contributed by atoms with E-state index in [0.717, 1.165) is 13.0 Å². The highest BCUT2D eigenvalue weighted by Crippen LogP contribution is 2.49. The van der Waals surface area contributed by atoms with Gasteiger partial charge in [0, 0.05) is 6.04 Å². The van der Waals surface area contributed by atoms with Crippen molar-refractivity contribution in [1.29, 1.82) is 0 Å². The zero-order chi connectivity index (χ0) is 16.9. The van der Waals surface area contributed by atoms with Crippen LogP contribution in [0.15, 0.2) is 12.7 Å². The molecule has 0 bridgehead atoms. The van der Waals surface area contributed by atoms with Crippen molar-refractivity contribution in [3.8, 4) is 0 Å². The molecule has 1 spiro atoms. The van der Waals surface area contributed by atoms with E-state index in [1.54, 1.807) is 4.57 Å². The van der Waals surface area contributed by atoms with Gasteiger partial charge in [0.15, 0.2) is 17.7 Å². The fourth-order valence-corrected chi connectivity index (χ4v) is 3.73. The van der Waals surface area contributed by atoms with Crippen molar-refractivity contribution >= 4 is 17.0 Å². The van der Waals surface area contributed by atoms with Crippen LogP contribution in [-0.2, 0) is 4.74 Å². The number of ether oxygens (including phenoxy) is 1. The summed E-state index contributed by atoms with van der Waals surface area (Å²) in [6, 6.07) is 0.308. The van der Waals surface area contributed by atoms with Crippen LogP contribution in [0.25, 0.3) is 11.2 Å². The highest BCUT2D eigenvalue weighted by Gasteiger charge is 2.61. The number of imidazole rings is 1. The predicted molar refractivity (Wildman–Crippen MR) is 85.9 cm³/mol. The third-order valence-electron chi connectivity index (χ3n) is 5.04. The summed E-state index contributed by atoms with van der Waals surface area (Å²) in [4.78, 5) is 12.3. The van der Waals surface area contributed by atoms with Gasteiger partial charge in [0.2, 0.25) is 0 Å². The van der Waals surface area contributed by atoms with Crippen LogP contribution in [0.2, 0.25) is 0 Å². The van der Waals surface area contributed by atoms with Crippen molar-refractivity contribution in [2.75, 3.05) is 12.3 Å². The summed E-state index contributed by atoms with van der Waals surface area (Å²) in [6.45, 7) is 3.05. The highest BCUT2D eigenvalue weighted by atomic mass is 16.6. The Morgan fingerprint density at radius 3 is 2.92 bits per heavy atom. The molecule has 0 amide bonds. The van der Waals surface area contributed by atoms with Crippen LogP contribution in [0.5, 0.6) is 0 Å². The molecule has 4 rings (SSSR count). The molecule has 1 saturated carbocycles. The van der Waals surface area contributed by atoms with Crippen molar-refractivity contribution in [2.45, 2.75) is 56.3 Å². The van der Waals surface area contributed by atoms with Gasteiger partial charge in [-0.1, -0.05) is 6.92 Å². The highest BCUT2D eigenvalue weighted by molar-refractivity contribution is 5.81. The smallest absolute Gasteiger partial charge is 0.167 e. The third kappa shape index (κ3) is 2.20. The quantitative estimate of drug-likeness (QED) is 0.592. The second-order valence-corrected chi connectivity index (χ2v) is 6.65. The van der Waals surface area contributed by atoms with E-state index in [9.17, 15) is 10.2 Å². The van der Waals surface area contributed by atoms with Gasteiger partial charge in [0.25, 0.3) is 0 Å². The monoisotopic (exact) mass is 334 g/mol. The molecular weight excluding hydrogens is 312 g/mol. The standard InChI is InChI=1S/C15H22N6O3/c1-2-3-17-8-4-15(5-8)11(23)10(22)14(24-15)21-7-20-9-12(16)18-6-19-13(9)21/h6-8,10-11,14,17,22-23H,2-5H2,1H3,(H2,16,18,19)/t8-,10-,11+,14-,15-/m1/s1. The van der Waals surface area contributed by atoms with Gasteiger partial charge >= 0.3 is 0 Å². The summed E-state index contributed by atoms with van der Waals surface area (Å²) < 4.78 is 7.71. The summed E-state index contributed by atoms with van der Waals surface area (Å²) in [6.07, 6.45) is 2.52. The summed E-state index contributed by atoms with van der Waals surface area (Å²) >= 11 is 0. The Morgan fingerprint density at radius 2 is 2.17 bits per heavy atom. The van der Waals surface area contributed by atoms with Crippen molar-refractivity contribution in [1.82, 2.24) is 24.8 Å². The minimum absolute atomic E-state index is 0.272. The fourth-order valence-electron chi connectivity index (χ4n) is 3.73. The molecular formula is C15H22N6O3. The Morgan fingerprint density at radius 1 is 1.38 bits per heavy atom. The van der Waals surface area contributed by atoms with Gasteiger partial charge in [-0.05, 0) is 25.8 Å². The number of aliphatic hydroxyl groups is 2. The molecule has 0 aromatic carbocycles. The second-order valence-electron chi connectivity index (χ2n) is 6.65. The van der Waals surface area contributed by atoms with Gasteiger partial charge in [-0.3, -0.25) is 4.57 Å². The second kappa shape index (κ2) is 5.62. The first-order valence-electron chi connectivity index (χ1n) is 8.26. The molecule has 2 aliphatic rings. The Labute approximate surface area is 138 Å². The zero-order valence-corrected chi connectivity index (χ0v) is 13.5. The number of nitrogens with one attached hydrogen (secondary N) is 1. The molecule has 2 fully saturated rings. The van der Waals surface area contributed by atoms with Crippen LogP contribution in [-0.4, -0.2) is 60.1 Å². The van der Waals surface area contributed by atoms with Gasteiger partial charge in [-0.2, -0.15) is 0 Å². The average Bonchev–Trinajstić information content (AvgIpc) is 3.07. The fraction of sp³-hybridized carbons (Fsp3) is 0.667. The van der Waals surface area contributed by atoms with Crippen molar-refractivity contribution in [3.63, 3.8) is 0 Å². The Kier molecular flexibility index (Phi) is 3.68. The molecule has 24 heavy (non-hydrogen) atoms. The first-order chi connectivity index (χ1) is 11.6. The van der Waals surface area contributed by atoms with Crippen LogP contribution in [0.1, 0.15) is 32.4 Å². The molecule has 2 aromatic heterocycles. The number of hydrogen-bond donors (Lipinski definition) is 4. The SMILES string of the molecule is CCCN[C@H]1C[C@@]2(C1)O[C@@H](n1cnc3c(N)ncnc31)[C@H](O)[C@@H]2O. The van der Waals surface area contributed by atoms with E-state index in [2.05, 4.69) is 27.2 Å². The summed E-state index contributed by atoms with van der Waals surface area (Å²) in [5, 5.41) is 24.4.